The predicted molar refractivity (Wildman–Crippen MR) is 82.0 cm³/mol. The number of fused-ring (bicyclic) bond motifs is 1. The Hall–Kier alpha value is -0.650. The van der Waals surface area contributed by atoms with Crippen molar-refractivity contribution in [3.63, 3.8) is 0 Å². The Morgan fingerprint density at radius 3 is 2.50 bits per heavy atom. The smallest absolute Gasteiger partial charge is 0.302 e. The SMILES string of the molecule is CC(=O)OC[C@@H](C)[C@@H]1CC[C@]2(C)C([C@H]1O)[C@](C)(O)CC[C@H]2O. The van der Waals surface area contributed by atoms with Crippen LogP contribution in [0.5, 0.6) is 0 Å². The minimum Gasteiger partial charge on any atom is -0.466 e. The molecule has 128 valence electrons. The molecular formula is C17H30O5. The summed E-state index contributed by atoms with van der Waals surface area (Å²) in [6.07, 6.45) is 1.41. The summed E-state index contributed by atoms with van der Waals surface area (Å²) < 4.78 is 5.08. The molecule has 0 radical (unpaired) electrons. The maximum absolute atomic E-state index is 11.0. The van der Waals surface area contributed by atoms with E-state index in [9.17, 15) is 20.1 Å². The molecule has 2 aliphatic rings. The van der Waals surface area contributed by atoms with Gasteiger partial charge in [-0.1, -0.05) is 13.8 Å². The van der Waals surface area contributed by atoms with Crippen molar-refractivity contribution in [3.8, 4) is 0 Å². The van der Waals surface area contributed by atoms with E-state index in [1.54, 1.807) is 6.92 Å². The second-order valence-electron chi connectivity index (χ2n) is 7.87. The summed E-state index contributed by atoms with van der Waals surface area (Å²) in [5, 5.41) is 32.1. The highest BCUT2D eigenvalue weighted by molar-refractivity contribution is 5.65. The molecule has 2 rings (SSSR count). The molecule has 2 saturated carbocycles. The van der Waals surface area contributed by atoms with E-state index in [0.717, 1.165) is 12.8 Å². The molecular weight excluding hydrogens is 284 g/mol. The van der Waals surface area contributed by atoms with Crippen molar-refractivity contribution >= 4 is 5.97 Å². The van der Waals surface area contributed by atoms with Gasteiger partial charge in [0, 0.05) is 18.3 Å². The van der Waals surface area contributed by atoms with E-state index >= 15 is 0 Å². The van der Waals surface area contributed by atoms with E-state index in [2.05, 4.69) is 0 Å². The van der Waals surface area contributed by atoms with E-state index in [-0.39, 0.29) is 30.3 Å². The van der Waals surface area contributed by atoms with Gasteiger partial charge in [0.25, 0.3) is 0 Å². The zero-order valence-corrected chi connectivity index (χ0v) is 14.1. The molecule has 5 heteroatoms. The zero-order chi connectivity index (χ0) is 16.7. The molecule has 0 spiro atoms. The van der Waals surface area contributed by atoms with Crippen LogP contribution < -0.4 is 0 Å². The van der Waals surface area contributed by atoms with Crippen LogP contribution in [0.3, 0.4) is 0 Å². The van der Waals surface area contributed by atoms with E-state index < -0.39 is 23.2 Å². The topological polar surface area (TPSA) is 87.0 Å². The second-order valence-corrected chi connectivity index (χ2v) is 7.87. The van der Waals surface area contributed by atoms with Gasteiger partial charge < -0.3 is 20.1 Å². The van der Waals surface area contributed by atoms with Crippen molar-refractivity contribution in [2.75, 3.05) is 6.61 Å². The number of hydrogen-bond acceptors (Lipinski definition) is 5. The van der Waals surface area contributed by atoms with Crippen LogP contribution in [0.2, 0.25) is 0 Å². The van der Waals surface area contributed by atoms with Gasteiger partial charge in [0.2, 0.25) is 0 Å². The van der Waals surface area contributed by atoms with Crippen LogP contribution in [0.4, 0.5) is 0 Å². The Morgan fingerprint density at radius 2 is 1.91 bits per heavy atom. The lowest BCUT2D eigenvalue weighted by Gasteiger charge is -2.58. The van der Waals surface area contributed by atoms with Gasteiger partial charge in [0.1, 0.15) is 0 Å². The van der Waals surface area contributed by atoms with Gasteiger partial charge in [0.15, 0.2) is 0 Å². The Kier molecular flexibility index (Phi) is 4.91. The van der Waals surface area contributed by atoms with Gasteiger partial charge in [-0.2, -0.15) is 0 Å². The molecule has 3 N–H and O–H groups in total. The van der Waals surface area contributed by atoms with Gasteiger partial charge >= 0.3 is 5.97 Å². The largest absolute Gasteiger partial charge is 0.466 e. The van der Waals surface area contributed by atoms with Gasteiger partial charge in [-0.15, -0.1) is 0 Å². The maximum Gasteiger partial charge on any atom is 0.302 e. The van der Waals surface area contributed by atoms with E-state index in [4.69, 9.17) is 4.74 Å². The standard InChI is InChI=1S/C17H30O5/c1-10(9-22-11(2)18)12-5-7-16(3)13(19)6-8-17(4,21)15(16)14(12)20/h10,12-15,19-21H,5-9H2,1-4H3/t10-,12+,13-,14+,15?,16+,17-/m1/s1. The quantitative estimate of drug-likeness (QED) is 0.687. The van der Waals surface area contributed by atoms with Crippen molar-refractivity contribution in [2.45, 2.75) is 71.2 Å². The van der Waals surface area contributed by atoms with Crippen LogP contribution >= 0.6 is 0 Å². The first kappa shape index (κ1) is 17.7. The van der Waals surface area contributed by atoms with Gasteiger partial charge in [-0.05, 0) is 44.4 Å². The number of carbonyl (C=O) groups excluding carboxylic acids is 1. The molecule has 0 saturated heterocycles. The van der Waals surface area contributed by atoms with Crippen molar-refractivity contribution in [1.82, 2.24) is 0 Å². The van der Waals surface area contributed by atoms with Gasteiger partial charge in [0.05, 0.1) is 24.4 Å². The fourth-order valence-electron chi connectivity index (χ4n) is 4.80. The molecule has 1 unspecified atom stereocenters. The third-order valence-electron chi connectivity index (χ3n) is 6.14. The molecule has 0 bridgehead atoms. The summed E-state index contributed by atoms with van der Waals surface area (Å²) in [7, 11) is 0. The lowest BCUT2D eigenvalue weighted by molar-refractivity contribution is -0.221. The lowest BCUT2D eigenvalue weighted by atomic mass is 9.50. The average Bonchev–Trinajstić information content (AvgIpc) is 2.40. The highest BCUT2D eigenvalue weighted by Crippen LogP contribution is 2.56. The molecule has 5 nitrogen and oxygen atoms in total. The van der Waals surface area contributed by atoms with Crippen molar-refractivity contribution in [3.05, 3.63) is 0 Å². The normalized spacial score (nSPS) is 46.7. The molecule has 0 aromatic carbocycles. The summed E-state index contributed by atoms with van der Waals surface area (Å²) >= 11 is 0. The zero-order valence-electron chi connectivity index (χ0n) is 14.1. The molecule has 0 amide bonds. The molecule has 7 atom stereocenters. The highest BCUT2D eigenvalue weighted by atomic mass is 16.5. The molecule has 0 aromatic heterocycles. The molecule has 0 aliphatic heterocycles. The second kappa shape index (κ2) is 6.10. The molecule has 22 heavy (non-hydrogen) atoms. The van der Waals surface area contributed by atoms with Gasteiger partial charge in [-0.3, -0.25) is 4.79 Å². The summed E-state index contributed by atoms with van der Waals surface area (Å²) in [6, 6.07) is 0. The fourth-order valence-corrected chi connectivity index (χ4v) is 4.80. The highest BCUT2D eigenvalue weighted by Gasteiger charge is 2.59. The van der Waals surface area contributed by atoms with Crippen LogP contribution in [-0.2, 0) is 9.53 Å². The Morgan fingerprint density at radius 1 is 1.27 bits per heavy atom. The van der Waals surface area contributed by atoms with Crippen molar-refractivity contribution < 1.29 is 24.9 Å². The van der Waals surface area contributed by atoms with E-state index in [1.807, 2.05) is 13.8 Å². The third-order valence-corrected chi connectivity index (χ3v) is 6.14. The summed E-state index contributed by atoms with van der Waals surface area (Å²) in [6.45, 7) is 7.37. The number of rotatable bonds is 3. The predicted octanol–water partition coefficient (Wildman–Crippen LogP) is 1.48. The molecule has 0 aromatic rings. The average molecular weight is 314 g/mol. The first-order valence-electron chi connectivity index (χ1n) is 8.31. The summed E-state index contributed by atoms with van der Waals surface area (Å²) in [4.78, 5) is 11.0. The first-order valence-corrected chi connectivity index (χ1v) is 8.31. The molecule has 2 aliphatic carbocycles. The molecule has 0 heterocycles. The number of hydrogen-bond donors (Lipinski definition) is 3. The van der Waals surface area contributed by atoms with E-state index in [0.29, 0.717) is 12.8 Å². The minimum absolute atomic E-state index is 0.0262. The number of esters is 1. The first-order chi connectivity index (χ1) is 10.1. The van der Waals surface area contributed by atoms with Crippen LogP contribution in [-0.4, -0.2) is 45.7 Å². The Balaban J connectivity index is 2.18. The van der Waals surface area contributed by atoms with Crippen LogP contribution in [0.15, 0.2) is 0 Å². The third kappa shape index (κ3) is 3.03. The minimum atomic E-state index is -0.979. The number of carbonyl (C=O) groups is 1. The van der Waals surface area contributed by atoms with Crippen LogP contribution in [0.25, 0.3) is 0 Å². The van der Waals surface area contributed by atoms with Crippen molar-refractivity contribution in [1.29, 1.82) is 0 Å². The molecule has 2 fully saturated rings. The lowest BCUT2D eigenvalue weighted by Crippen LogP contribution is -2.63. The monoisotopic (exact) mass is 314 g/mol. The number of aliphatic hydroxyl groups is 3. The fraction of sp³-hybridized carbons (Fsp3) is 0.941. The number of aliphatic hydroxyl groups excluding tert-OH is 2. The van der Waals surface area contributed by atoms with E-state index in [1.165, 1.54) is 6.92 Å². The van der Waals surface area contributed by atoms with Crippen LogP contribution in [0.1, 0.15) is 53.4 Å². The van der Waals surface area contributed by atoms with Gasteiger partial charge in [-0.25, -0.2) is 0 Å². The summed E-state index contributed by atoms with van der Waals surface area (Å²) in [5.41, 5.74) is -1.44. The van der Waals surface area contributed by atoms with Crippen molar-refractivity contribution in [2.24, 2.45) is 23.2 Å². The maximum atomic E-state index is 11.0. The number of ether oxygens (including phenoxy) is 1. The van der Waals surface area contributed by atoms with Crippen LogP contribution in [0, 0.1) is 23.2 Å². The Labute approximate surface area is 132 Å². The summed E-state index contributed by atoms with van der Waals surface area (Å²) in [5.74, 6) is -0.683. The Bertz CT molecular complexity index is 421.